The minimum atomic E-state index is 0.0199. The lowest BCUT2D eigenvalue weighted by Gasteiger charge is -2.16. The molecule has 4 heteroatoms. The molecule has 20 heavy (non-hydrogen) atoms. The van der Waals surface area contributed by atoms with Crippen LogP contribution in [0.2, 0.25) is 0 Å². The molecule has 1 aromatic heterocycles. The van der Waals surface area contributed by atoms with E-state index in [0.29, 0.717) is 0 Å². The molecule has 3 N–H and O–H groups in total. The largest absolute Gasteiger partial charge is 0.272 e. The molecule has 0 aliphatic heterocycles. The van der Waals surface area contributed by atoms with E-state index in [1.807, 2.05) is 10.9 Å². The first kappa shape index (κ1) is 13.3. The zero-order valence-corrected chi connectivity index (χ0v) is 12.0. The fraction of sp³-hybridized carbons (Fsp3) is 0.438. The minimum absolute atomic E-state index is 0.0199. The van der Waals surface area contributed by atoms with Gasteiger partial charge in [-0.15, -0.1) is 0 Å². The summed E-state index contributed by atoms with van der Waals surface area (Å²) >= 11 is 0. The van der Waals surface area contributed by atoms with E-state index in [1.54, 1.807) is 0 Å². The summed E-state index contributed by atoms with van der Waals surface area (Å²) in [5, 5.41) is 4.39. The predicted octanol–water partition coefficient (Wildman–Crippen LogP) is 2.33. The Kier molecular flexibility index (Phi) is 3.85. The number of benzene rings is 1. The second-order valence-electron chi connectivity index (χ2n) is 5.52. The van der Waals surface area contributed by atoms with Crippen LogP contribution in [0.4, 0.5) is 0 Å². The normalized spacial score (nSPS) is 15.3. The van der Waals surface area contributed by atoms with Gasteiger partial charge in [-0.3, -0.25) is 10.5 Å². The maximum absolute atomic E-state index is 5.78. The fourth-order valence-corrected chi connectivity index (χ4v) is 3.04. The van der Waals surface area contributed by atoms with Crippen molar-refractivity contribution in [2.24, 2.45) is 5.84 Å². The van der Waals surface area contributed by atoms with E-state index >= 15 is 0 Å². The van der Waals surface area contributed by atoms with Crippen molar-refractivity contribution >= 4 is 0 Å². The molecule has 0 amide bonds. The first-order valence-corrected chi connectivity index (χ1v) is 7.42. The van der Waals surface area contributed by atoms with Crippen LogP contribution in [-0.4, -0.2) is 9.78 Å². The van der Waals surface area contributed by atoms with Crippen LogP contribution in [0.25, 0.3) is 0 Å². The molecular formula is C16H22N4. The van der Waals surface area contributed by atoms with E-state index in [4.69, 9.17) is 5.84 Å². The van der Waals surface area contributed by atoms with Crippen molar-refractivity contribution in [2.45, 2.75) is 45.2 Å². The molecule has 1 atom stereocenters. The minimum Gasteiger partial charge on any atom is -0.272 e. The summed E-state index contributed by atoms with van der Waals surface area (Å²) in [5.41, 5.74) is 8.25. The Morgan fingerprint density at radius 1 is 1.30 bits per heavy atom. The Labute approximate surface area is 120 Å². The van der Waals surface area contributed by atoms with Gasteiger partial charge < -0.3 is 0 Å². The number of rotatable bonds is 5. The molecule has 106 valence electrons. The van der Waals surface area contributed by atoms with Gasteiger partial charge in [-0.1, -0.05) is 25.1 Å². The number of hydrogen-bond donors (Lipinski definition) is 2. The van der Waals surface area contributed by atoms with E-state index < -0.39 is 0 Å². The van der Waals surface area contributed by atoms with E-state index in [9.17, 15) is 0 Å². The van der Waals surface area contributed by atoms with Crippen molar-refractivity contribution in [2.75, 3.05) is 0 Å². The number of hydrazine groups is 1. The topological polar surface area (TPSA) is 55.9 Å². The molecular weight excluding hydrogens is 248 g/mol. The Morgan fingerprint density at radius 3 is 2.95 bits per heavy atom. The van der Waals surface area contributed by atoms with Crippen molar-refractivity contribution in [1.82, 2.24) is 15.2 Å². The summed E-state index contributed by atoms with van der Waals surface area (Å²) in [6.45, 7) is 3.10. The van der Waals surface area contributed by atoms with E-state index in [0.717, 1.165) is 18.5 Å². The number of fused-ring (bicyclic) bond motifs is 1. The summed E-state index contributed by atoms with van der Waals surface area (Å²) < 4.78 is 1.98. The second kappa shape index (κ2) is 5.77. The van der Waals surface area contributed by atoms with Gasteiger partial charge in [0.1, 0.15) is 0 Å². The third-order valence-electron chi connectivity index (χ3n) is 4.06. The van der Waals surface area contributed by atoms with Crippen molar-refractivity contribution in [3.63, 3.8) is 0 Å². The van der Waals surface area contributed by atoms with Crippen LogP contribution in [0, 0.1) is 0 Å². The number of nitrogens with one attached hydrogen (secondary N) is 1. The van der Waals surface area contributed by atoms with Crippen LogP contribution in [0.3, 0.4) is 0 Å². The van der Waals surface area contributed by atoms with Gasteiger partial charge in [0.05, 0.1) is 12.2 Å². The highest BCUT2D eigenvalue weighted by molar-refractivity contribution is 5.39. The predicted molar refractivity (Wildman–Crippen MR) is 80.2 cm³/mol. The molecule has 1 aromatic carbocycles. The highest BCUT2D eigenvalue weighted by Crippen LogP contribution is 2.28. The van der Waals surface area contributed by atoms with Crippen molar-refractivity contribution in [3.8, 4) is 0 Å². The Balaban J connectivity index is 1.88. The van der Waals surface area contributed by atoms with Gasteiger partial charge >= 0.3 is 0 Å². The summed E-state index contributed by atoms with van der Waals surface area (Å²) in [4.78, 5) is 0. The molecule has 0 saturated heterocycles. The molecule has 1 aliphatic rings. The summed E-state index contributed by atoms with van der Waals surface area (Å²) in [5.74, 6) is 5.78. The number of nitrogens with two attached hydrogens (primary N) is 1. The summed E-state index contributed by atoms with van der Waals surface area (Å²) in [6.07, 6.45) is 8.75. The molecule has 1 heterocycles. The lowest BCUT2D eigenvalue weighted by Crippen LogP contribution is -2.28. The average molecular weight is 270 g/mol. The summed E-state index contributed by atoms with van der Waals surface area (Å²) in [7, 11) is 0. The molecule has 0 spiro atoms. The average Bonchev–Trinajstić information content (AvgIpc) is 3.09. The highest BCUT2D eigenvalue weighted by atomic mass is 15.3. The number of aryl methyl sites for hydroxylation is 3. The van der Waals surface area contributed by atoms with Crippen molar-refractivity contribution in [1.29, 1.82) is 0 Å². The monoisotopic (exact) mass is 270 g/mol. The van der Waals surface area contributed by atoms with Crippen LogP contribution in [0.1, 0.15) is 48.1 Å². The SMILES string of the molecule is CCCn1cc(C(NN)c2ccc3c(c2)CCC3)cn1. The zero-order chi connectivity index (χ0) is 13.9. The van der Waals surface area contributed by atoms with Gasteiger partial charge in [0.15, 0.2) is 0 Å². The van der Waals surface area contributed by atoms with Crippen molar-refractivity contribution in [3.05, 3.63) is 52.8 Å². The Morgan fingerprint density at radius 2 is 2.15 bits per heavy atom. The fourth-order valence-electron chi connectivity index (χ4n) is 3.04. The van der Waals surface area contributed by atoms with Crippen LogP contribution in [0.5, 0.6) is 0 Å². The third-order valence-corrected chi connectivity index (χ3v) is 4.06. The number of aromatic nitrogens is 2. The molecule has 2 aromatic rings. The lowest BCUT2D eigenvalue weighted by atomic mass is 9.98. The van der Waals surface area contributed by atoms with Crippen LogP contribution < -0.4 is 11.3 Å². The smallest absolute Gasteiger partial charge is 0.0740 e. The van der Waals surface area contributed by atoms with Crippen molar-refractivity contribution < 1.29 is 0 Å². The van der Waals surface area contributed by atoms with Gasteiger partial charge in [0, 0.05) is 18.3 Å². The molecule has 0 fully saturated rings. The van der Waals surface area contributed by atoms with E-state index in [2.05, 4.69) is 41.8 Å². The Bertz CT molecular complexity index is 588. The van der Waals surface area contributed by atoms with Crippen LogP contribution >= 0.6 is 0 Å². The summed E-state index contributed by atoms with van der Waals surface area (Å²) in [6, 6.07) is 6.75. The number of nitrogens with zero attached hydrogens (tertiary/aromatic N) is 2. The first-order valence-electron chi connectivity index (χ1n) is 7.42. The third kappa shape index (κ3) is 2.49. The molecule has 3 rings (SSSR count). The van der Waals surface area contributed by atoms with E-state index in [1.165, 1.54) is 36.0 Å². The van der Waals surface area contributed by atoms with Gasteiger partial charge in [0.2, 0.25) is 0 Å². The van der Waals surface area contributed by atoms with Gasteiger partial charge in [-0.05, 0) is 42.4 Å². The maximum atomic E-state index is 5.78. The van der Waals surface area contributed by atoms with Gasteiger partial charge in [-0.25, -0.2) is 5.43 Å². The van der Waals surface area contributed by atoms with Crippen LogP contribution in [-0.2, 0) is 19.4 Å². The van der Waals surface area contributed by atoms with Crippen LogP contribution in [0.15, 0.2) is 30.6 Å². The quantitative estimate of drug-likeness (QED) is 0.647. The lowest BCUT2D eigenvalue weighted by molar-refractivity contribution is 0.598. The molecule has 0 saturated carbocycles. The second-order valence-corrected chi connectivity index (χ2v) is 5.52. The van der Waals surface area contributed by atoms with Gasteiger partial charge in [-0.2, -0.15) is 5.10 Å². The number of hydrogen-bond acceptors (Lipinski definition) is 3. The Hall–Kier alpha value is -1.65. The molecule has 1 unspecified atom stereocenters. The van der Waals surface area contributed by atoms with E-state index in [-0.39, 0.29) is 6.04 Å². The zero-order valence-electron chi connectivity index (χ0n) is 12.0. The maximum Gasteiger partial charge on any atom is 0.0740 e. The van der Waals surface area contributed by atoms with Gasteiger partial charge in [0.25, 0.3) is 0 Å². The molecule has 0 bridgehead atoms. The highest BCUT2D eigenvalue weighted by Gasteiger charge is 2.18. The molecule has 1 aliphatic carbocycles. The molecule has 4 nitrogen and oxygen atoms in total. The standard InChI is InChI=1S/C16H22N4/c1-2-8-20-11-15(10-18-20)16(19-17)14-7-6-12-4-3-5-13(12)9-14/h6-7,9-11,16,19H,2-5,8,17H2,1H3. The first-order chi connectivity index (χ1) is 9.81. The molecule has 0 radical (unpaired) electrons.